The van der Waals surface area contributed by atoms with Gasteiger partial charge in [-0.25, -0.2) is 0 Å². The van der Waals surface area contributed by atoms with Crippen LogP contribution in [0.4, 0.5) is 0 Å². The smallest absolute Gasteiger partial charge is 0.124 e. The Morgan fingerprint density at radius 2 is 0.545 bits per heavy atom. The second-order valence-electron chi connectivity index (χ2n) is 1.000. The molecule has 0 aliphatic heterocycles. The van der Waals surface area contributed by atoms with Gasteiger partial charge in [0.15, 0.2) is 0 Å². The van der Waals surface area contributed by atoms with Gasteiger partial charge in [-0.1, -0.05) is 138 Å². The standard InChI is InChI=1S/C4H10.7C2H6.C2H2.2CH4/c1-3-4-2;8*1-2;;/h3-4H2,1-2H3;7*1-2H3;1-2H;2*1H4/i;;;;;;;;1T;;. The van der Waals surface area contributed by atoms with Crippen molar-refractivity contribution in [1.29, 1.82) is 0 Å². The normalized spacial score (nSPS) is 3.68. The molecule has 22 heavy (non-hydrogen) atoms. The molecule has 0 bridgehead atoms. The number of terminal acetylenes is 1. The Balaban J connectivity index is -0.00000000788. The van der Waals surface area contributed by atoms with Crippen molar-refractivity contribution >= 4 is 0 Å². The van der Waals surface area contributed by atoms with Crippen LogP contribution in [0.15, 0.2) is 0 Å². The first-order valence-electron chi connectivity index (χ1n) is 9.70. The largest absolute Gasteiger partial charge is 0.124 e. The highest BCUT2D eigenvalue weighted by Crippen LogP contribution is 1.76. The summed E-state index contributed by atoms with van der Waals surface area (Å²) >= 11 is 0. The van der Waals surface area contributed by atoms with Crippen molar-refractivity contribution in [2.45, 2.75) is 138 Å². The van der Waals surface area contributed by atoms with E-state index in [0.717, 1.165) is 0 Å². The molecule has 0 amide bonds. The van der Waals surface area contributed by atoms with Gasteiger partial charge >= 0.3 is 0 Å². The van der Waals surface area contributed by atoms with Crippen LogP contribution >= 0.6 is 0 Å². The third kappa shape index (κ3) is 21500. The monoisotopic (exact) mass is 328 g/mol. The van der Waals surface area contributed by atoms with E-state index in [2.05, 4.69) is 20.3 Å². The van der Waals surface area contributed by atoms with Gasteiger partial charge in [0.05, 0.1) is 0 Å². The van der Waals surface area contributed by atoms with E-state index in [1.165, 1.54) is 19.2 Å². The molecule has 0 saturated carbocycles. The van der Waals surface area contributed by atoms with E-state index in [1.807, 2.05) is 96.9 Å². The summed E-state index contributed by atoms with van der Waals surface area (Å²) in [6.07, 6.45) is 8.40. The first-order chi connectivity index (χ1) is 10.3. The molecule has 0 heterocycles. The molecule has 0 spiro atoms. The van der Waals surface area contributed by atoms with E-state index in [9.17, 15) is 0 Å². The lowest BCUT2D eigenvalue weighted by Gasteiger charge is -1.68. The van der Waals surface area contributed by atoms with Gasteiger partial charge in [-0.05, 0) is 0 Å². The molecule has 0 aliphatic carbocycles. The summed E-state index contributed by atoms with van der Waals surface area (Å²) < 4.78 is 5.74. The van der Waals surface area contributed by atoms with Gasteiger partial charge in [0.1, 0.15) is 1.37 Å². The van der Waals surface area contributed by atoms with Gasteiger partial charge < -0.3 is 0 Å². The highest BCUT2D eigenvalue weighted by molar-refractivity contribution is 4.47. The zero-order valence-electron chi connectivity index (χ0n) is 19.5. The summed E-state index contributed by atoms with van der Waals surface area (Å²) in [5.41, 5.74) is 0. The summed E-state index contributed by atoms with van der Waals surface area (Å²) in [6.45, 7) is 32.4. The minimum absolute atomic E-state index is 0. The predicted molar refractivity (Wildman–Crippen MR) is 123 cm³/mol. The first kappa shape index (κ1) is 68.2. The zero-order valence-corrected chi connectivity index (χ0v) is 18.5. The van der Waals surface area contributed by atoms with Crippen molar-refractivity contribution in [3.8, 4) is 12.8 Å². The van der Waals surface area contributed by atoms with Crippen LogP contribution in [0.5, 0.6) is 0 Å². The molecule has 0 atom stereocenters. The maximum Gasteiger partial charge on any atom is 0.124 e. The molecule has 0 fully saturated rings. The molecule has 0 nitrogen and oxygen atoms in total. The summed E-state index contributed by atoms with van der Waals surface area (Å²) in [6, 6.07) is 0. The molecular formula is C22H62. The van der Waals surface area contributed by atoms with Crippen molar-refractivity contribution in [3.05, 3.63) is 0 Å². The summed E-state index contributed by atoms with van der Waals surface area (Å²) in [5.74, 6) is 0. The summed E-state index contributed by atoms with van der Waals surface area (Å²) in [4.78, 5) is 0. The van der Waals surface area contributed by atoms with E-state index in [0.29, 0.717) is 0 Å². The van der Waals surface area contributed by atoms with Gasteiger partial charge in [0.2, 0.25) is 0 Å². The second kappa shape index (κ2) is 3230. The Morgan fingerprint density at radius 1 is 0.500 bits per heavy atom. The molecule has 150 valence electrons. The molecule has 0 heteroatoms. The molecule has 0 saturated heterocycles. The maximum absolute atomic E-state index is 5.74. The zero-order chi connectivity index (χ0) is 20.1. The van der Waals surface area contributed by atoms with Crippen LogP contribution in [-0.2, 0) is 0 Å². The fraction of sp³-hybridized carbons (Fsp3) is 0.909. The molecule has 0 aromatic carbocycles. The third-order valence-corrected chi connectivity index (χ3v) is 0.500. The van der Waals surface area contributed by atoms with E-state index >= 15 is 0 Å². The molecule has 0 aromatic rings. The summed E-state index contributed by atoms with van der Waals surface area (Å²) in [5, 5.41) is 0. The maximum atomic E-state index is 5.74. The average molecular weight is 329 g/mol. The van der Waals surface area contributed by atoms with Crippen LogP contribution < -0.4 is 0 Å². The number of rotatable bonds is 1. The van der Waals surface area contributed by atoms with Crippen molar-refractivity contribution in [3.63, 3.8) is 0 Å². The number of hydrogen-bond acceptors (Lipinski definition) is 0. The third-order valence-electron chi connectivity index (χ3n) is 0.500. The highest BCUT2D eigenvalue weighted by atomic mass is 13.6. The van der Waals surface area contributed by atoms with E-state index < -0.39 is 0 Å². The van der Waals surface area contributed by atoms with Crippen molar-refractivity contribution in [1.82, 2.24) is 0 Å². The van der Waals surface area contributed by atoms with Crippen LogP contribution in [0, 0.1) is 12.8 Å². The fourth-order valence-corrected chi connectivity index (χ4v) is 0. The van der Waals surface area contributed by atoms with Crippen molar-refractivity contribution in [2.75, 3.05) is 0 Å². The van der Waals surface area contributed by atoms with E-state index in [1.54, 1.807) is 0 Å². The Hall–Kier alpha value is -0.440. The van der Waals surface area contributed by atoms with Crippen LogP contribution in [-0.4, -0.2) is 0 Å². The number of unbranched alkanes of at least 4 members (excludes halogenated alkanes) is 1. The summed E-state index contributed by atoms with van der Waals surface area (Å²) in [7, 11) is 0. The van der Waals surface area contributed by atoms with E-state index in [4.69, 9.17) is 1.37 Å². The van der Waals surface area contributed by atoms with Crippen LogP contribution in [0.3, 0.4) is 0 Å². The Morgan fingerprint density at radius 3 is 0.545 bits per heavy atom. The SMILES string of the molecule is C.C.CC.CC.CC.CC.CC.CC.CC.CCCC.[3H]C#C. The van der Waals surface area contributed by atoms with Gasteiger partial charge in [0, 0.05) is 0 Å². The van der Waals surface area contributed by atoms with E-state index in [-0.39, 0.29) is 14.9 Å². The van der Waals surface area contributed by atoms with Gasteiger partial charge in [-0.2, -0.15) is 0 Å². The quantitative estimate of drug-likeness (QED) is 0.420. The van der Waals surface area contributed by atoms with Crippen LogP contribution in [0.1, 0.15) is 140 Å². The lowest BCUT2D eigenvalue weighted by Crippen LogP contribution is -1.47. The first-order valence-corrected chi connectivity index (χ1v) is 9.20. The second-order valence-corrected chi connectivity index (χ2v) is 1.000. The molecule has 0 unspecified atom stereocenters. The number of hydrogen-bond donors (Lipinski definition) is 0. The van der Waals surface area contributed by atoms with Crippen molar-refractivity contribution < 1.29 is 1.37 Å². The van der Waals surface area contributed by atoms with Gasteiger partial charge in [0.25, 0.3) is 0 Å². The van der Waals surface area contributed by atoms with Crippen molar-refractivity contribution in [2.24, 2.45) is 0 Å². The Labute approximate surface area is 153 Å². The molecule has 0 rings (SSSR count). The van der Waals surface area contributed by atoms with Gasteiger partial charge in [-0.3, -0.25) is 0 Å². The topological polar surface area (TPSA) is 0 Å². The molecule has 0 aliphatic rings. The average Bonchev–Trinajstić information content (AvgIpc) is 2.67. The minimum Gasteiger partial charge on any atom is -0.124 e. The van der Waals surface area contributed by atoms with Crippen LogP contribution in [0.2, 0.25) is 0 Å². The van der Waals surface area contributed by atoms with Gasteiger partial charge in [-0.15, -0.1) is 12.8 Å². The lowest BCUT2D eigenvalue weighted by molar-refractivity contribution is 0.886. The minimum atomic E-state index is 0. The lowest BCUT2D eigenvalue weighted by atomic mass is 10.4. The molecule has 0 N–H and O–H groups in total. The predicted octanol–water partition coefficient (Wildman–Crippen LogP) is 10.5. The molecule has 0 aromatic heterocycles. The molecule has 0 radical (unpaired) electrons. The Kier molecular flexibility index (Phi) is 10000. The van der Waals surface area contributed by atoms with Crippen LogP contribution in [0.25, 0.3) is 0 Å². The highest BCUT2D eigenvalue weighted by Gasteiger charge is 1.56. The fourth-order valence-electron chi connectivity index (χ4n) is 0. The Bertz CT molecular complexity index is 42.4. The molecular weight excluding hydrogens is 264 g/mol.